The second-order valence-corrected chi connectivity index (χ2v) is 5.56. The van der Waals surface area contributed by atoms with E-state index in [9.17, 15) is 17.6 Å². The molecule has 0 fully saturated rings. The third-order valence-electron chi connectivity index (χ3n) is 2.07. The fraction of sp³-hybridized carbons (Fsp3) is 0.300. The average Bonchev–Trinajstić information content (AvgIpc) is 2.26. The maximum atomic E-state index is 13.5. The molecule has 0 aliphatic carbocycles. The summed E-state index contributed by atoms with van der Waals surface area (Å²) in [5, 5.41) is 0.0764. The molecule has 1 aromatic rings. The molecular weight excluding hydrogens is 285 g/mol. The van der Waals surface area contributed by atoms with Crippen molar-refractivity contribution in [1.82, 2.24) is 4.72 Å². The van der Waals surface area contributed by atoms with E-state index >= 15 is 0 Å². The van der Waals surface area contributed by atoms with Crippen molar-refractivity contribution in [3.63, 3.8) is 0 Å². The van der Waals surface area contributed by atoms with Crippen molar-refractivity contribution in [2.24, 2.45) is 0 Å². The number of benzene rings is 1. The van der Waals surface area contributed by atoms with Crippen molar-refractivity contribution < 1.29 is 22.3 Å². The van der Waals surface area contributed by atoms with Gasteiger partial charge in [0.2, 0.25) is 10.0 Å². The molecule has 8 heteroatoms. The van der Waals surface area contributed by atoms with Gasteiger partial charge in [-0.25, -0.2) is 12.8 Å². The third-order valence-corrected chi connectivity index (χ3v) is 3.88. The van der Waals surface area contributed by atoms with Gasteiger partial charge in [0.05, 0.1) is 7.11 Å². The molecule has 0 aliphatic rings. The molecular formula is C10H11ClFNO4S. The second kappa shape index (κ2) is 5.64. The minimum absolute atomic E-state index is 0.0764. The quantitative estimate of drug-likeness (QED) is 0.850. The monoisotopic (exact) mass is 295 g/mol. The van der Waals surface area contributed by atoms with Crippen LogP contribution in [0.1, 0.15) is 6.92 Å². The van der Waals surface area contributed by atoms with Crippen LogP contribution in [-0.2, 0) is 19.6 Å². The first-order chi connectivity index (χ1) is 8.27. The second-order valence-electron chi connectivity index (χ2n) is 3.44. The van der Waals surface area contributed by atoms with Crippen LogP contribution < -0.4 is 4.72 Å². The van der Waals surface area contributed by atoms with Crippen LogP contribution in [0.2, 0.25) is 5.02 Å². The number of rotatable bonds is 4. The van der Waals surface area contributed by atoms with E-state index in [1.54, 1.807) is 0 Å². The molecule has 0 amide bonds. The summed E-state index contributed by atoms with van der Waals surface area (Å²) in [5.41, 5.74) is 0. The minimum atomic E-state index is -4.15. The van der Waals surface area contributed by atoms with Gasteiger partial charge >= 0.3 is 5.97 Å². The molecule has 0 saturated carbocycles. The largest absolute Gasteiger partial charge is 0.468 e. The highest BCUT2D eigenvalue weighted by molar-refractivity contribution is 7.89. The SMILES string of the molecule is COC(=O)[C@H](C)NS(=O)(=O)c1ccc(Cl)cc1F. The summed E-state index contributed by atoms with van der Waals surface area (Å²) >= 11 is 5.52. The van der Waals surface area contributed by atoms with E-state index in [1.165, 1.54) is 13.0 Å². The minimum Gasteiger partial charge on any atom is -0.468 e. The summed E-state index contributed by atoms with van der Waals surface area (Å²) in [4.78, 5) is 10.5. The molecule has 1 aromatic carbocycles. The van der Waals surface area contributed by atoms with E-state index in [2.05, 4.69) is 4.74 Å². The Kier molecular flexibility index (Phi) is 4.66. The molecule has 0 saturated heterocycles. The summed E-state index contributed by atoms with van der Waals surface area (Å²) in [6.45, 7) is 1.29. The van der Waals surface area contributed by atoms with Crippen LogP contribution in [0.4, 0.5) is 4.39 Å². The van der Waals surface area contributed by atoms with Crippen molar-refractivity contribution in [2.45, 2.75) is 17.9 Å². The van der Waals surface area contributed by atoms with Gasteiger partial charge in [-0.2, -0.15) is 4.72 Å². The van der Waals surface area contributed by atoms with Gasteiger partial charge in [0, 0.05) is 5.02 Å². The predicted molar refractivity (Wildman–Crippen MR) is 63.2 cm³/mol. The first kappa shape index (κ1) is 14.9. The lowest BCUT2D eigenvalue weighted by molar-refractivity contribution is -0.142. The molecule has 0 aromatic heterocycles. The summed E-state index contributed by atoms with van der Waals surface area (Å²) in [6.07, 6.45) is 0. The van der Waals surface area contributed by atoms with Gasteiger partial charge < -0.3 is 4.74 Å². The number of esters is 1. The van der Waals surface area contributed by atoms with E-state index in [0.29, 0.717) is 0 Å². The highest BCUT2D eigenvalue weighted by atomic mass is 35.5. The van der Waals surface area contributed by atoms with Gasteiger partial charge in [-0.15, -0.1) is 0 Å². The molecule has 0 bridgehead atoms. The van der Waals surface area contributed by atoms with Gasteiger partial charge in [-0.3, -0.25) is 4.79 Å². The van der Waals surface area contributed by atoms with Crippen LogP contribution in [0.5, 0.6) is 0 Å². The fourth-order valence-corrected chi connectivity index (χ4v) is 2.62. The van der Waals surface area contributed by atoms with Crippen LogP contribution in [0.25, 0.3) is 0 Å². The van der Waals surface area contributed by atoms with E-state index in [-0.39, 0.29) is 5.02 Å². The van der Waals surface area contributed by atoms with Crippen molar-refractivity contribution in [3.8, 4) is 0 Å². The maximum absolute atomic E-state index is 13.5. The number of methoxy groups -OCH3 is 1. The smallest absolute Gasteiger partial charge is 0.323 e. The molecule has 0 spiro atoms. The molecule has 5 nitrogen and oxygen atoms in total. The van der Waals surface area contributed by atoms with Crippen LogP contribution >= 0.6 is 11.6 Å². The summed E-state index contributed by atoms with van der Waals surface area (Å²) in [6, 6.07) is 2.01. The van der Waals surface area contributed by atoms with Crippen molar-refractivity contribution >= 4 is 27.6 Å². The molecule has 0 unspecified atom stereocenters. The molecule has 0 radical (unpaired) electrons. The lowest BCUT2D eigenvalue weighted by atomic mass is 10.3. The van der Waals surface area contributed by atoms with Gasteiger partial charge in [-0.05, 0) is 25.1 Å². The molecule has 0 aliphatic heterocycles. The number of hydrogen-bond acceptors (Lipinski definition) is 4. The molecule has 0 heterocycles. The molecule has 1 atom stereocenters. The van der Waals surface area contributed by atoms with Crippen molar-refractivity contribution in [1.29, 1.82) is 0 Å². The lowest BCUT2D eigenvalue weighted by Crippen LogP contribution is -2.39. The number of carbonyl (C=O) groups excluding carboxylic acids is 1. The predicted octanol–water partition coefficient (Wildman–Crippen LogP) is 1.32. The molecule has 100 valence electrons. The highest BCUT2D eigenvalue weighted by Gasteiger charge is 2.25. The number of halogens is 2. The first-order valence-corrected chi connectivity index (χ1v) is 6.69. The average molecular weight is 296 g/mol. The lowest BCUT2D eigenvalue weighted by Gasteiger charge is -2.12. The Morgan fingerprint density at radius 3 is 2.61 bits per heavy atom. The van der Waals surface area contributed by atoms with Gasteiger partial charge in [0.1, 0.15) is 16.8 Å². The number of hydrogen-bond donors (Lipinski definition) is 1. The Labute approximate surface area is 109 Å². The van der Waals surface area contributed by atoms with Crippen LogP contribution in [0.15, 0.2) is 23.1 Å². The highest BCUT2D eigenvalue weighted by Crippen LogP contribution is 2.19. The third kappa shape index (κ3) is 3.41. The summed E-state index contributed by atoms with van der Waals surface area (Å²) in [5.74, 6) is -1.76. The van der Waals surface area contributed by atoms with Crippen molar-refractivity contribution in [3.05, 3.63) is 29.0 Å². The Hall–Kier alpha value is -1.18. The van der Waals surface area contributed by atoms with Crippen LogP contribution in [-0.4, -0.2) is 27.5 Å². The fourth-order valence-electron chi connectivity index (χ4n) is 1.21. The van der Waals surface area contributed by atoms with E-state index in [1.807, 2.05) is 4.72 Å². The standard InChI is InChI=1S/C10H11ClFNO4S/c1-6(10(14)17-2)13-18(15,16)9-4-3-7(11)5-8(9)12/h3-6,13H,1-2H3/t6-/m0/s1. The number of carbonyl (C=O) groups is 1. The van der Waals surface area contributed by atoms with Gasteiger partial charge in [0.15, 0.2) is 0 Å². The normalized spacial score (nSPS) is 13.1. The van der Waals surface area contributed by atoms with Crippen molar-refractivity contribution in [2.75, 3.05) is 7.11 Å². The topological polar surface area (TPSA) is 72.5 Å². The molecule has 18 heavy (non-hydrogen) atoms. The molecule has 1 N–H and O–H groups in total. The Morgan fingerprint density at radius 1 is 1.50 bits per heavy atom. The van der Waals surface area contributed by atoms with Crippen LogP contribution in [0, 0.1) is 5.82 Å². The van der Waals surface area contributed by atoms with E-state index in [0.717, 1.165) is 19.2 Å². The Balaban J connectivity index is 3.04. The summed E-state index contributed by atoms with van der Waals surface area (Å²) < 4.78 is 43.4. The van der Waals surface area contributed by atoms with E-state index < -0.39 is 32.7 Å². The molecule has 1 rings (SSSR count). The van der Waals surface area contributed by atoms with Gasteiger partial charge in [0.25, 0.3) is 0 Å². The van der Waals surface area contributed by atoms with Crippen LogP contribution in [0.3, 0.4) is 0 Å². The summed E-state index contributed by atoms with van der Waals surface area (Å²) in [7, 11) is -3.03. The Morgan fingerprint density at radius 2 is 2.11 bits per heavy atom. The first-order valence-electron chi connectivity index (χ1n) is 4.83. The maximum Gasteiger partial charge on any atom is 0.323 e. The zero-order valence-corrected chi connectivity index (χ0v) is 11.2. The zero-order valence-electron chi connectivity index (χ0n) is 9.61. The number of sulfonamides is 1. The Bertz CT molecular complexity index is 561. The van der Waals surface area contributed by atoms with Gasteiger partial charge in [-0.1, -0.05) is 11.6 Å². The zero-order chi connectivity index (χ0) is 13.9. The number of ether oxygens (including phenoxy) is 1. The number of nitrogens with one attached hydrogen (secondary N) is 1. The van der Waals surface area contributed by atoms with E-state index in [4.69, 9.17) is 11.6 Å².